The summed E-state index contributed by atoms with van der Waals surface area (Å²) in [5, 5.41) is 13.2. The Morgan fingerprint density at radius 1 is 1.12 bits per heavy atom. The summed E-state index contributed by atoms with van der Waals surface area (Å²) in [6.45, 7) is 2.44. The van der Waals surface area contributed by atoms with Gasteiger partial charge in [0.05, 0.1) is 16.6 Å². The van der Waals surface area contributed by atoms with Gasteiger partial charge in [0.1, 0.15) is 5.69 Å². The minimum Gasteiger partial charge on any atom is -0.382 e. The van der Waals surface area contributed by atoms with Gasteiger partial charge in [0, 0.05) is 5.56 Å². The zero-order valence-corrected chi connectivity index (χ0v) is 14.4. The van der Waals surface area contributed by atoms with Gasteiger partial charge in [0.15, 0.2) is 5.82 Å². The van der Waals surface area contributed by atoms with E-state index in [2.05, 4.69) is 10.1 Å². The zero-order chi connectivity index (χ0) is 17.3. The molecule has 0 aliphatic heterocycles. The van der Waals surface area contributed by atoms with E-state index in [4.69, 9.17) is 34.3 Å². The number of nitrogens with zero attached hydrogens (tertiary/aromatic N) is 3. The van der Waals surface area contributed by atoms with Crippen molar-refractivity contribution in [1.29, 1.82) is 5.41 Å². The predicted molar refractivity (Wildman–Crippen MR) is 96.0 cm³/mol. The molecule has 3 aromatic rings. The summed E-state index contributed by atoms with van der Waals surface area (Å²) in [5.74, 6) is 0.143. The van der Waals surface area contributed by atoms with Crippen molar-refractivity contribution in [1.82, 2.24) is 14.8 Å². The fourth-order valence-electron chi connectivity index (χ4n) is 2.30. The SMILES string of the molecule is Cc1ccc(Cn2nc(-c3cccc(Cl)c3Cl)c(N)nc2=N)cc1. The number of hydrogen-bond acceptors (Lipinski definition) is 4. The summed E-state index contributed by atoms with van der Waals surface area (Å²) in [5.41, 5.74) is 9.11. The molecule has 0 fully saturated rings. The number of halogens is 2. The quantitative estimate of drug-likeness (QED) is 0.748. The van der Waals surface area contributed by atoms with E-state index in [1.165, 1.54) is 10.2 Å². The van der Waals surface area contributed by atoms with E-state index in [0.29, 0.717) is 27.8 Å². The molecule has 3 rings (SSSR count). The van der Waals surface area contributed by atoms with Crippen LogP contribution < -0.4 is 11.4 Å². The van der Waals surface area contributed by atoms with Crippen LogP contribution >= 0.6 is 23.2 Å². The highest BCUT2D eigenvalue weighted by molar-refractivity contribution is 6.43. The third-order valence-corrected chi connectivity index (χ3v) is 4.41. The lowest BCUT2D eigenvalue weighted by Crippen LogP contribution is -2.28. The third-order valence-electron chi connectivity index (χ3n) is 3.59. The molecule has 122 valence electrons. The highest BCUT2D eigenvalue weighted by Crippen LogP contribution is 2.33. The van der Waals surface area contributed by atoms with Crippen LogP contribution in [0.2, 0.25) is 10.0 Å². The fraction of sp³-hybridized carbons (Fsp3) is 0.118. The Balaban J connectivity index is 2.07. The van der Waals surface area contributed by atoms with E-state index in [1.54, 1.807) is 18.2 Å². The predicted octanol–water partition coefficient (Wildman–Crippen LogP) is 3.67. The molecule has 0 bridgehead atoms. The maximum absolute atomic E-state index is 8.01. The fourth-order valence-corrected chi connectivity index (χ4v) is 2.69. The number of aromatic nitrogens is 3. The largest absolute Gasteiger partial charge is 0.382 e. The second-order valence-electron chi connectivity index (χ2n) is 5.41. The molecule has 1 heterocycles. The second kappa shape index (κ2) is 6.63. The number of nitrogens with two attached hydrogens (primary N) is 1. The molecule has 0 saturated carbocycles. The van der Waals surface area contributed by atoms with Crippen LogP contribution in [0.25, 0.3) is 11.3 Å². The van der Waals surface area contributed by atoms with Gasteiger partial charge in [0.2, 0.25) is 5.62 Å². The number of nitrogens with one attached hydrogen (secondary N) is 1. The average Bonchev–Trinajstić information content (AvgIpc) is 2.55. The number of benzene rings is 2. The van der Waals surface area contributed by atoms with Crippen LogP contribution in [0.5, 0.6) is 0 Å². The van der Waals surface area contributed by atoms with Crippen molar-refractivity contribution >= 4 is 29.0 Å². The lowest BCUT2D eigenvalue weighted by atomic mass is 10.1. The summed E-state index contributed by atoms with van der Waals surface area (Å²) in [6.07, 6.45) is 0. The van der Waals surface area contributed by atoms with Crippen LogP contribution in [0, 0.1) is 12.3 Å². The third kappa shape index (κ3) is 3.27. The van der Waals surface area contributed by atoms with Gasteiger partial charge in [0.25, 0.3) is 0 Å². The van der Waals surface area contributed by atoms with E-state index in [0.717, 1.165) is 5.56 Å². The van der Waals surface area contributed by atoms with Crippen LogP contribution in [-0.2, 0) is 6.54 Å². The number of nitrogen functional groups attached to an aromatic ring is 1. The summed E-state index contributed by atoms with van der Waals surface area (Å²) in [4.78, 5) is 4.08. The standard InChI is InChI=1S/C17H15Cl2N5/c1-10-5-7-11(8-6-10)9-24-17(21)22-16(20)15(23-24)12-3-2-4-13(18)14(12)19/h2-8H,9H2,1H3,(H3,20,21,22). The van der Waals surface area contributed by atoms with Crippen LogP contribution in [0.3, 0.4) is 0 Å². The Labute approximate surface area is 149 Å². The lowest BCUT2D eigenvalue weighted by Gasteiger charge is -2.12. The molecule has 24 heavy (non-hydrogen) atoms. The van der Waals surface area contributed by atoms with Gasteiger partial charge >= 0.3 is 0 Å². The van der Waals surface area contributed by atoms with Crippen molar-refractivity contribution in [2.75, 3.05) is 5.73 Å². The Kier molecular flexibility index (Phi) is 4.55. The number of rotatable bonds is 3. The zero-order valence-electron chi connectivity index (χ0n) is 12.9. The topological polar surface area (TPSA) is 80.6 Å². The molecule has 0 saturated heterocycles. The van der Waals surface area contributed by atoms with Crippen molar-refractivity contribution in [3.63, 3.8) is 0 Å². The van der Waals surface area contributed by atoms with Gasteiger partial charge in [-0.25, -0.2) is 4.68 Å². The van der Waals surface area contributed by atoms with Gasteiger partial charge in [-0.1, -0.05) is 65.2 Å². The number of hydrogen-bond donors (Lipinski definition) is 2. The van der Waals surface area contributed by atoms with Crippen LogP contribution in [0.4, 0.5) is 5.82 Å². The monoisotopic (exact) mass is 359 g/mol. The van der Waals surface area contributed by atoms with Crippen LogP contribution in [-0.4, -0.2) is 14.8 Å². The summed E-state index contributed by atoms with van der Waals surface area (Å²) in [7, 11) is 0. The van der Waals surface area contributed by atoms with Crippen molar-refractivity contribution in [3.8, 4) is 11.3 Å². The molecule has 0 spiro atoms. The molecule has 3 N–H and O–H groups in total. The molecule has 2 aromatic carbocycles. The van der Waals surface area contributed by atoms with Crippen LogP contribution in [0.15, 0.2) is 42.5 Å². The lowest BCUT2D eigenvalue weighted by molar-refractivity contribution is 0.597. The Bertz CT molecular complexity index is 948. The summed E-state index contributed by atoms with van der Waals surface area (Å²) in [6, 6.07) is 13.2. The van der Waals surface area contributed by atoms with Crippen molar-refractivity contribution in [2.24, 2.45) is 0 Å². The first-order valence-corrected chi connectivity index (χ1v) is 8.00. The molecule has 5 nitrogen and oxygen atoms in total. The first-order valence-electron chi connectivity index (χ1n) is 7.25. The average molecular weight is 360 g/mol. The Morgan fingerprint density at radius 3 is 2.54 bits per heavy atom. The van der Waals surface area contributed by atoms with Gasteiger partial charge in [-0.15, -0.1) is 0 Å². The molecule has 7 heteroatoms. The molecule has 0 unspecified atom stereocenters. The minimum absolute atomic E-state index is 0.0185. The summed E-state index contributed by atoms with van der Waals surface area (Å²) < 4.78 is 1.48. The highest BCUT2D eigenvalue weighted by atomic mass is 35.5. The first-order chi connectivity index (χ1) is 11.5. The smallest absolute Gasteiger partial charge is 0.241 e. The van der Waals surface area contributed by atoms with E-state index in [-0.39, 0.29) is 11.4 Å². The van der Waals surface area contributed by atoms with Gasteiger partial charge in [-0.3, -0.25) is 5.41 Å². The summed E-state index contributed by atoms with van der Waals surface area (Å²) >= 11 is 12.3. The van der Waals surface area contributed by atoms with Crippen LogP contribution in [0.1, 0.15) is 11.1 Å². The molecule has 0 aliphatic rings. The molecule has 0 atom stereocenters. The van der Waals surface area contributed by atoms with Gasteiger partial charge in [-0.05, 0) is 18.6 Å². The maximum atomic E-state index is 8.01. The maximum Gasteiger partial charge on any atom is 0.241 e. The highest BCUT2D eigenvalue weighted by Gasteiger charge is 2.14. The Morgan fingerprint density at radius 2 is 1.83 bits per heavy atom. The number of aryl methyl sites for hydroxylation is 1. The van der Waals surface area contributed by atoms with E-state index >= 15 is 0 Å². The molecule has 0 aliphatic carbocycles. The number of anilines is 1. The normalized spacial score (nSPS) is 10.8. The van der Waals surface area contributed by atoms with E-state index < -0.39 is 0 Å². The molecule has 0 amide bonds. The van der Waals surface area contributed by atoms with Crippen molar-refractivity contribution < 1.29 is 0 Å². The first kappa shape index (κ1) is 16.5. The van der Waals surface area contributed by atoms with E-state index in [9.17, 15) is 0 Å². The van der Waals surface area contributed by atoms with E-state index in [1.807, 2.05) is 31.2 Å². The molecular weight excluding hydrogens is 345 g/mol. The van der Waals surface area contributed by atoms with Crippen molar-refractivity contribution in [2.45, 2.75) is 13.5 Å². The second-order valence-corrected chi connectivity index (χ2v) is 6.20. The molecular formula is C17H15Cl2N5. The minimum atomic E-state index is -0.0185. The molecule has 0 radical (unpaired) electrons. The van der Waals surface area contributed by atoms with Gasteiger partial charge in [-0.2, -0.15) is 10.1 Å². The van der Waals surface area contributed by atoms with Gasteiger partial charge < -0.3 is 5.73 Å². The van der Waals surface area contributed by atoms with Crippen molar-refractivity contribution in [3.05, 3.63) is 69.3 Å². The molecule has 1 aromatic heterocycles. The Hall–Kier alpha value is -2.37.